The molecule has 47 heavy (non-hydrogen) atoms. The van der Waals surface area contributed by atoms with Crippen molar-refractivity contribution < 1.29 is 0 Å². The zero-order valence-corrected chi connectivity index (χ0v) is 26.4. The molecule has 0 unspecified atom stereocenters. The first-order valence-electron chi connectivity index (χ1n) is 16.3. The minimum absolute atomic E-state index is 0.0565. The Morgan fingerprint density at radius 2 is 1.00 bits per heavy atom. The lowest BCUT2D eigenvalue weighted by atomic mass is 9.81. The highest BCUT2D eigenvalue weighted by molar-refractivity contribution is 6.07. The summed E-state index contributed by atoms with van der Waals surface area (Å²) in [6, 6.07) is 56.4. The second-order valence-electron chi connectivity index (χ2n) is 13.0. The highest BCUT2D eigenvalue weighted by Gasteiger charge is 2.36. The molecule has 9 rings (SSSR count). The Hall–Kier alpha value is -5.86. The largest absolute Gasteiger partial charge is 0.228 e. The van der Waals surface area contributed by atoms with Crippen LogP contribution in [-0.4, -0.2) is 9.97 Å². The van der Waals surface area contributed by atoms with Crippen LogP contribution in [0.4, 0.5) is 0 Å². The third kappa shape index (κ3) is 4.40. The molecule has 0 fully saturated rings. The maximum atomic E-state index is 5.16. The van der Waals surface area contributed by atoms with Crippen LogP contribution in [0.25, 0.3) is 77.7 Å². The van der Waals surface area contributed by atoms with Gasteiger partial charge in [-0.05, 0) is 67.1 Å². The Morgan fingerprint density at radius 3 is 1.77 bits per heavy atom. The van der Waals surface area contributed by atoms with Gasteiger partial charge in [0, 0.05) is 22.1 Å². The molecule has 2 heteroatoms. The summed E-state index contributed by atoms with van der Waals surface area (Å²) in [5.74, 6) is 0.724. The lowest BCUT2D eigenvalue weighted by Crippen LogP contribution is -2.14. The van der Waals surface area contributed by atoms with Gasteiger partial charge in [-0.25, -0.2) is 9.97 Å². The van der Waals surface area contributed by atoms with Gasteiger partial charge in [0.1, 0.15) is 0 Å². The Balaban J connectivity index is 1.23. The van der Waals surface area contributed by atoms with Gasteiger partial charge in [0.05, 0.1) is 11.4 Å². The number of aromatic nitrogens is 2. The van der Waals surface area contributed by atoms with E-state index in [4.69, 9.17) is 9.97 Å². The van der Waals surface area contributed by atoms with Gasteiger partial charge in [-0.1, -0.05) is 159 Å². The molecule has 0 N–H and O–H groups in total. The fourth-order valence-corrected chi connectivity index (χ4v) is 7.52. The molecule has 8 aromatic rings. The van der Waals surface area contributed by atoms with Gasteiger partial charge < -0.3 is 0 Å². The first-order chi connectivity index (χ1) is 23.1. The molecular weight excluding hydrogens is 569 g/mol. The molecule has 1 aliphatic rings. The Morgan fingerprint density at radius 1 is 0.404 bits per heavy atom. The number of hydrogen-bond donors (Lipinski definition) is 0. The standard InChI is InChI=1S/C45H32N2/c1-45(2)39-25-22-32(27-38(39)43-34-18-10-9-13-29(34)21-26-40(43)45)33-23-24-37(36-20-12-11-19-35(33)36)42-28-41(30-14-5-3-6-15-30)46-44(47-42)31-16-7-4-8-17-31/h3-28H,1-2H3. The Kier molecular flexibility index (Phi) is 6.20. The summed E-state index contributed by atoms with van der Waals surface area (Å²) in [6.07, 6.45) is 0. The molecule has 2 nitrogen and oxygen atoms in total. The Bertz CT molecular complexity index is 2420. The molecule has 0 atom stereocenters. The van der Waals surface area contributed by atoms with Crippen molar-refractivity contribution in [2.45, 2.75) is 19.3 Å². The zero-order valence-electron chi connectivity index (χ0n) is 26.4. The number of benzene rings is 7. The van der Waals surface area contributed by atoms with Gasteiger partial charge in [-0.3, -0.25) is 0 Å². The molecule has 1 heterocycles. The van der Waals surface area contributed by atoms with Crippen LogP contribution in [0.1, 0.15) is 25.0 Å². The number of nitrogens with zero attached hydrogens (tertiary/aromatic N) is 2. The van der Waals surface area contributed by atoms with E-state index in [1.165, 1.54) is 54.9 Å². The van der Waals surface area contributed by atoms with Crippen LogP contribution in [0.15, 0.2) is 158 Å². The lowest BCUT2D eigenvalue weighted by molar-refractivity contribution is 0.661. The predicted molar refractivity (Wildman–Crippen MR) is 196 cm³/mol. The summed E-state index contributed by atoms with van der Waals surface area (Å²) in [4.78, 5) is 10.2. The van der Waals surface area contributed by atoms with Crippen molar-refractivity contribution in [3.8, 4) is 56.2 Å². The minimum Gasteiger partial charge on any atom is -0.228 e. The van der Waals surface area contributed by atoms with Crippen LogP contribution in [-0.2, 0) is 5.41 Å². The average Bonchev–Trinajstić information content (AvgIpc) is 3.37. The molecule has 222 valence electrons. The van der Waals surface area contributed by atoms with Gasteiger partial charge in [0.15, 0.2) is 5.82 Å². The zero-order chi connectivity index (χ0) is 31.5. The molecule has 1 aromatic heterocycles. The molecule has 0 radical (unpaired) electrons. The van der Waals surface area contributed by atoms with Gasteiger partial charge in [0.25, 0.3) is 0 Å². The highest BCUT2D eigenvalue weighted by Crippen LogP contribution is 2.52. The van der Waals surface area contributed by atoms with Crippen molar-refractivity contribution in [2.24, 2.45) is 0 Å². The molecule has 7 aromatic carbocycles. The van der Waals surface area contributed by atoms with Crippen molar-refractivity contribution in [3.63, 3.8) is 0 Å². The molecule has 0 aliphatic heterocycles. The van der Waals surface area contributed by atoms with E-state index in [9.17, 15) is 0 Å². The number of hydrogen-bond acceptors (Lipinski definition) is 2. The van der Waals surface area contributed by atoms with E-state index in [0.717, 1.165) is 33.9 Å². The van der Waals surface area contributed by atoms with E-state index in [1.54, 1.807) is 0 Å². The lowest BCUT2D eigenvalue weighted by Gasteiger charge is -2.22. The summed E-state index contributed by atoms with van der Waals surface area (Å²) in [6.45, 7) is 4.71. The maximum Gasteiger partial charge on any atom is 0.160 e. The van der Waals surface area contributed by atoms with Gasteiger partial charge in [-0.15, -0.1) is 0 Å². The molecule has 1 aliphatic carbocycles. The highest BCUT2D eigenvalue weighted by atomic mass is 14.9. The van der Waals surface area contributed by atoms with Crippen molar-refractivity contribution in [2.75, 3.05) is 0 Å². The molecule has 0 saturated carbocycles. The van der Waals surface area contributed by atoms with E-state index < -0.39 is 0 Å². The summed E-state index contributed by atoms with van der Waals surface area (Å²) in [7, 11) is 0. The van der Waals surface area contributed by atoms with Gasteiger partial charge >= 0.3 is 0 Å². The fourth-order valence-electron chi connectivity index (χ4n) is 7.52. The fraction of sp³-hybridized carbons (Fsp3) is 0.0667. The van der Waals surface area contributed by atoms with Crippen molar-refractivity contribution >= 4 is 21.5 Å². The summed E-state index contributed by atoms with van der Waals surface area (Å²) in [5.41, 5.74) is 12.9. The normalized spacial score (nSPS) is 13.1. The average molecular weight is 601 g/mol. The van der Waals surface area contributed by atoms with E-state index in [0.29, 0.717) is 0 Å². The molecule has 0 saturated heterocycles. The number of rotatable bonds is 4. The van der Waals surface area contributed by atoms with Gasteiger partial charge in [-0.2, -0.15) is 0 Å². The SMILES string of the molecule is CC1(C)c2ccc(-c3ccc(-c4cc(-c5ccccc5)nc(-c5ccccc5)n4)c4ccccc34)cc2-c2c1ccc1ccccc21. The molecular formula is C45H32N2. The third-order valence-electron chi connectivity index (χ3n) is 9.90. The maximum absolute atomic E-state index is 5.16. The number of fused-ring (bicyclic) bond motifs is 6. The van der Waals surface area contributed by atoms with E-state index in [2.05, 4.69) is 147 Å². The van der Waals surface area contributed by atoms with Crippen LogP contribution >= 0.6 is 0 Å². The van der Waals surface area contributed by atoms with Crippen LogP contribution in [0.2, 0.25) is 0 Å². The summed E-state index contributed by atoms with van der Waals surface area (Å²) in [5, 5.41) is 4.99. The topological polar surface area (TPSA) is 25.8 Å². The van der Waals surface area contributed by atoms with Crippen molar-refractivity contribution in [1.29, 1.82) is 0 Å². The molecule has 0 bridgehead atoms. The second-order valence-corrected chi connectivity index (χ2v) is 13.0. The Labute approximate surface area is 275 Å². The monoisotopic (exact) mass is 600 g/mol. The molecule has 0 spiro atoms. The quantitative estimate of drug-likeness (QED) is 0.201. The summed E-state index contributed by atoms with van der Waals surface area (Å²) >= 11 is 0. The first-order valence-corrected chi connectivity index (χ1v) is 16.3. The van der Waals surface area contributed by atoms with E-state index in [1.807, 2.05) is 24.3 Å². The van der Waals surface area contributed by atoms with E-state index in [-0.39, 0.29) is 5.41 Å². The van der Waals surface area contributed by atoms with Gasteiger partial charge in [0.2, 0.25) is 0 Å². The third-order valence-corrected chi connectivity index (χ3v) is 9.90. The van der Waals surface area contributed by atoms with Crippen LogP contribution in [0.3, 0.4) is 0 Å². The molecule has 0 amide bonds. The minimum atomic E-state index is -0.0565. The van der Waals surface area contributed by atoms with Crippen LogP contribution in [0, 0.1) is 0 Å². The predicted octanol–water partition coefficient (Wildman–Crippen LogP) is 11.8. The first kappa shape index (κ1) is 27.5. The van der Waals surface area contributed by atoms with Crippen molar-refractivity contribution in [3.05, 3.63) is 169 Å². The summed E-state index contributed by atoms with van der Waals surface area (Å²) < 4.78 is 0. The second kappa shape index (κ2) is 10.6. The van der Waals surface area contributed by atoms with Crippen LogP contribution < -0.4 is 0 Å². The van der Waals surface area contributed by atoms with Crippen molar-refractivity contribution in [1.82, 2.24) is 9.97 Å². The smallest absolute Gasteiger partial charge is 0.160 e. The van der Waals surface area contributed by atoms with Crippen LogP contribution in [0.5, 0.6) is 0 Å². The van der Waals surface area contributed by atoms with E-state index >= 15 is 0 Å².